The highest BCUT2D eigenvalue weighted by atomic mass is 19.1. The molecule has 0 aliphatic rings. The summed E-state index contributed by atoms with van der Waals surface area (Å²) in [5.74, 6) is -1.97. The molecule has 0 saturated carbocycles. The minimum absolute atomic E-state index is 0.0767. The van der Waals surface area contributed by atoms with Crippen molar-refractivity contribution in [1.82, 2.24) is 0 Å². The van der Waals surface area contributed by atoms with Crippen molar-refractivity contribution in [2.24, 2.45) is 0 Å². The van der Waals surface area contributed by atoms with E-state index in [0.717, 1.165) is 38.2 Å². The molecule has 1 rings (SSSR count). The van der Waals surface area contributed by atoms with E-state index < -0.39 is 17.6 Å². The molecule has 3 nitrogen and oxygen atoms in total. The number of rotatable bonds is 10. The molecule has 0 aliphatic carbocycles. The Kier molecular flexibility index (Phi) is 7.62. The number of carboxylic acids is 1. The Hall–Kier alpha value is -1.65. The molecule has 0 fully saturated rings. The summed E-state index contributed by atoms with van der Waals surface area (Å²) >= 11 is 0. The van der Waals surface area contributed by atoms with Crippen LogP contribution in [0.1, 0.15) is 44.9 Å². The van der Waals surface area contributed by atoms with E-state index in [9.17, 15) is 13.6 Å². The fraction of sp³-hybridized carbons (Fsp3) is 0.533. The van der Waals surface area contributed by atoms with Gasteiger partial charge in [-0.1, -0.05) is 25.7 Å². The van der Waals surface area contributed by atoms with Gasteiger partial charge in [-0.25, -0.2) is 8.78 Å². The van der Waals surface area contributed by atoms with Crippen LogP contribution in [0.15, 0.2) is 18.2 Å². The third kappa shape index (κ3) is 7.07. The standard InChI is InChI=1S/C15H20F2O3/c16-12-8-9-14(13(17)11-12)20-10-6-4-2-1-3-5-7-15(18)19/h8-9,11H,1-7,10H2,(H,18,19). The molecule has 0 aliphatic heterocycles. The molecule has 0 radical (unpaired) electrons. The van der Waals surface area contributed by atoms with Crippen LogP contribution in [-0.2, 0) is 4.79 Å². The molecular formula is C15H20F2O3. The summed E-state index contributed by atoms with van der Waals surface area (Å²) in [7, 11) is 0. The SMILES string of the molecule is O=C(O)CCCCCCCCOc1ccc(F)cc1F. The van der Waals surface area contributed by atoms with Crippen molar-refractivity contribution >= 4 is 5.97 Å². The third-order valence-corrected chi connectivity index (χ3v) is 2.94. The number of carbonyl (C=O) groups is 1. The summed E-state index contributed by atoms with van der Waals surface area (Å²) in [6, 6.07) is 3.26. The first kappa shape index (κ1) is 16.4. The predicted molar refractivity (Wildman–Crippen MR) is 71.8 cm³/mol. The molecule has 0 saturated heterocycles. The summed E-state index contributed by atoms with van der Waals surface area (Å²) in [5.41, 5.74) is 0. The molecule has 112 valence electrons. The third-order valence-electron chi connectivity index (χ3n) is 2.94. The topological polar surface area (TPSA) is 46.5 Å². The van der Waals surface area contributed by atoms with Crippen molar-refractivity contribution in [3.8, 4) is 5.75 Å². The minimum Gasteiger partial charge on any atom is -0.491 e. The van der Waals surface area contributed by atoms with E-state index in [1.54, 1.807) is 0 Å². The van der Waals surface area contributed by atoms with Crippen molar-refractivity contribution in [3.63, 3.8) is 0 Å². The van der Waals surface area contributed by atoms with Crippen LogP contribution in [0.4, 0.5) is 8.78 Å². The first-order chi connectivity index (χ1) is 9.59. The second kappa shape index (κ2) is 9.28. The summed E-state index contributed by atoms with van der Waals surface area (Å²) in [6.07, 6.45) is 5.62. The van der Waals surface area contributed by atoms with Gasteiger partial charge in [-0.3, -0.25) is 4.79 Å². The zero-order valence-corrected chi connectivity index (χ0v) is 11.4. The van der Waals surface area contributed by atoms with Gasteiger partial charge in [0.2, 0.25) is 0 Å². The molecule has 0 spiro atoms. The maximum absolute atomic E-state index is 13.2. The van der Waals surface area contributed by atoms with Gasteiger partial charge in [0, 0.05) is 12.5 Å². The van der Waals surface area contributed by atoms with E-state index in [1.165, 1.54) is 12.1 Å². The predicted octanol–water partition coefficient (Wildman–Crippen LogP) is 4.16. The smallest absolute Gasteiger partial charge is 0.303 e. The van der Waals surface area contributed by atoms with E-state index >= 15 is 0 Å². The van der Waals surface area contributed by atoms with Crippen LogP contribution in [0.3, 0.4) is 0 Å². The molecule has 0 bridgehead atoms. The van der Waals surface area contributed by atoms with Crippen molar-refractivity contribution in [1.29, 1.82) is 0 Å². The molecule has 1 aromatic rings. The minimum atomic E-state index is -0.750. The Morgan fingerprint density at radius 2 is 1.70 bits per heavy atom. The van der Waals surface area contributed by atoms with E-state index in [1.807, 2.05) is 0 Å². The Balaban J connectivity index is 2.01. The molecule has 1 N–H and O–H groups in total. The molecular weight excluding hydrogens is 266 g/mol. The fourth-order valence-electron chi connectivity index (χ4n) is 1.86. The van der Waals surface area contributed by atoms with Gasteiger partial charge in [0.05, 0.1) is 6.61 Å². The second-order valence-corrected chi connectivity index (χ2v) is 4.69. The van der Waals surface area contributed by atoms with Crippen molar-refractivity contribution in [3.05, 3.63) is 29.8 Å². The number of aliphatic carboxylic acids is 1. The number of hydrogen-bond donors (Lipinski definition) is 1. The van der Waals surface area contributed by atoms with Gasteiger partial charge in [0.1, 0.15) is 5.82 Å². The van der Waals surface area contributed by atoms with Crippen LogP contribution in [0.5, 0.6) is 5.75 Å². The van der Waals surface area contributed by atoms with Gasteiger partial charge >= 0.3 is 5.97 Å². The van der Waals surface area contributed by atoms with E-state index in [4.69, 9.17) is 9.84 Å². The molecule has 1 aromatic carbocycles. The lowest BCUT2D eigenvalue weighted by atomic mass is 10.1. The molecule has 0 aromatic heterocycles. The molecule has 0 atom stereocenters. The summed E-state index contributed by atoms with van der Waals surface area (Å²) in [5, 5.41) is 8.46. The molecule has 5 heteroatoms. The van der Waals surface area contributed by atoms with E-state index in [2.05, 4.69) is 0 Å². The van der Waals surface area contributed by atoms with Crippen molar-refractivity contribution in [2.45, 2.75) is 44.9 Å². The molecule has 0 unspecified atom stereocenters. The van der Waals surface area contributed by atoms with Crippen LogP contribution in [0, 0.1) is 11.6 Å². The Bertz CT molecular complexity index is 422. The Labute approximate surface area is 117 Å². The first-order valence-electron chi connectivity index (χ1n) is 6.89. The van der Waals surface area contributed by atoms with Crippen LogP contribution in [-0.4, -0.2) is 17.7 Å². The highest BCUT2D eigenvalue weighted by Crippen LogP contribution is 2.18. The van der Waals surface area contributed by atoms with Crippen LogP contribution < -0.4 is 4.74 Å². The van der Waals surface area contributed by atoms with E-state index in [-0.39, 0.29) is 12.2 Å². The monoisotopic (exact) mass is 286 g/mol. The average Bonchev–Trinajstić information content (AvgIpc) is 2.38. The number of carboxylic acid groups (broad SMARTS) is 1. The summed E-state index contributed by atoms with van der Waals surface area (Å²) < 4.78 is 31.1. The first-order valence-corrected chi connectivity index (χ1v) is 6.89. The van der Waals surface area contributed by atoms with E-state index in [0.29, 0.717) is 13.0 Å². The number of benzene rings is 1. The summed E-state index contributed by atoms with van der Waals surface area (Å²) in [4.78, 5) is 10.3. The van der Waals surface area contributed by atoms with Gasteiger partial charge < -0.3 is 9.84 Å². The maximum Gasteiger partial charge on any atom is 0.303 e. The van der Waals surface area contributed by atoms with Crippen LogP contribution >= 0.6 is 0 Å². The van der Waals surface area contributed by atoms with Gasteiger partial charge in [-0.15, -0.1) is 0 Å². The Morgan fingerprint density at radius 3 is 2.35 bits per heavy atom. The van der Waals surface area contributed by atoms with Crippen molar-refractivity contribution in [2.75, 3.05) is 6.61 Å². The Morgan fingerprint density at radius 1 is 1.05 bits per heavy atom. The largest absolute Gasteiger partial charge is 0.491 e. The maximum atomic E-state index is 13.2. The highest BCUT2D eigenvalue weighted by molar-refractivity contribution is 5.66. The van der Waals surface area contributed by atoms with Crippen molar-refractivity contribution < 1.29 is 23.4 Å². The number of halogens is 2. The zero-order chi connectivity index (χ0) is 14.8. The lowest BCUT2D eigenvalue weighted by Crippen LogP contribution is -1.99. The highest BCUT2D eigenvalue weighted by Gasteiger charge is 2.04. The zero-order valence-electron chi connectivity index (χ0n) is 11.4. The lowest BCUT2D eigenvalue weighted by molar-refractivity contribution is -0.137. The fourth-order valence-corrected chi connectivity index (χ4v) is 1.86. The number of ether oxygens (including phenoxy) is 1. The van der Waals surface area contributed by atoms with Gasteiger partial charge in [0.15, 0.2) is 11.6 Å². The van der Waals surface area contributed by atoms with Crippen LogP contribution in [0.2, 0.25) is 0 Å². The van der Waals surface area contributed by atoms with Gasteiger partial charge in [0.25, 0.3) is 0 Å². The van der Waals surface area contributed by atoms with Crippen LogP contribution in [0.25, 0.3) is 0 Å². The quantitative estimate of drug-likeness (QED) is 0.657. The molecule has 0 amide bonds. The van der Waals surface area contributed by atoms with Gasteiger partial charge in [-0.2, -0.15) is 0 Å². The van der Waals surface area contributed by atoms with Gasteiger partial charge in [-0.05, 0) is 25.0 Å². The number of unbranched alkanes of at least 4 members (excludes halogenated alkanes) is 5. The normalized spacial score (nSPS) is 10.5. The lowest BCUT2D eigenvalue weighted by Gasteiger charge is -2.07. The average molecular weight is 286 g/mol. The molecule has 0 heterocycles. The number of hydrogen-bond acceptors (Lipinski definition) is 2. The summed E-state index contributed by atoms with van der Waals surface area (Å²) in [6.45, 7) is 0.400. The molecule has 20 heavy (non-hydrogen) atoms. The second-order valence-electron chi connectivity index (χ2n) is 4.69.